The van der Waals surface area contributed by atoms with Gasteiger partial charge >= 0.3 is 0 Å². The molecule has 7 nitrogen and oxygen atoms in total. The zero-order valence-electron chi connectivity index (χ0n) is 14.2. The number of ketones is 3. The maximum absolute atomic E-state index is 13.0. The average molecular weight is 346 g/mol. The van der Waals surface area contributed by atoms with E-state index in [1.54, 1.807) is 0 Å². The molecule has 1 aromatic rings. The number of carbonyl (C=O) groups excluding carboxylic acids is 3. The Morgan fingerprint density at radius 1 is 1.16 bits per heavy atom. The van der Waals surface area contributed by atoms with Gasteiger partial charge in [-0.15, -0.1) is 0 Å². The summed E-state index contributed by atoms with van der Waals surface area (Å²) in [5.41, 5.74) is -1.51. The molecule has 3 N–H and O–H groups in total. The standard InChI is InChI=1S/C18H18O7/c1-6-14(22)12(8(3)20)16-13(15(6)23)18(4)10(25-16)5-9(21)11(7(2)19)17(18)24/h5,10-11,21-23H,1-4H3. The van der Waals surface area contributed by atoms with Gasteiger partial charge in [0.05, 0.1) is 5.56 Å². The van der Waals surface area contributed by atoms with E-state index < -0.39 is 46.3 Å². The van der Waals surface area contributed by atoms with Crippen LogP contribution in [0.1, 0.15) is 42.3 Å². The second-order valence-electron chi connectivity index (χ2n) is 6.70. The number of ether oxygens (including phenoxy) is 1. The molecular formula is C18H18O7. The number of allylic oxidation sites excluding steroid dienone is 1. The van der Waals surface area contributed by atoms with Crippen molar-refractivity contribution < 1.29 is 34.4 Å². The van der Waals surface area contributed by atoms with Gasteiger partial charge in [-0.25, -0.2) is 0 Å². The zero-order valence-corrected chi connectivity index (χ0v) is 14.2. The highest BCUT2D eigenvalue weighted by atomic mass is 16.5. The van der Waals surface area contributed by atoms with Gasteiger partial charge < -0.3 is 20.1 Å². The molecule has 0 spiro atoms. The van der Waals surface area contributed by atoms with Crippen LogP contribution in [0.5, 0.6) is 17.2 Å². The molecule has 1 heterocycles. The van der Waals surface area contributed by atoms with Crippen molar-refractivity contribution in [2.75, 3.05) is 0 Å². The average Bonchev–Trinajstić information content (AvgIpc) is 2.78. The molecule has 3 rings (SSSR count). The van der Waals surface area contributed by atoms with E-state index >= 15 is 0 Å². The monoisotopic (exact) mass is 346 g/mol. The summed E-state index contributed by atoms with van der Waals surface area (Å²) in [7, 11) is 0. The number of phenolic OH excluding ortho intramolecular Hbond substituents is 2. The van der Waals surface area contributed by atoms with Crippen LogP contribution < -0.4 is 4.74 Å². The lowest BCUT2D eigenvalue weighted by Gasteiger charge is -2.34. The number of aliphatic hydroxyl groups excluding tert-OH is 1. The first-order chi connectivity index (χ1) is 11.5. The zero-order chi connectivity index (χ0) is 18.8. The molecule has 3 atom stereocenters. The molecule has 1 aliphatic carbocycles. The van der Waals surface area contributed by atoms with Gasteiger partial charge in [0, 0.05) is 5.56 Å². The highest BCUT2D eigenvalue weighted by molar-refractivity contribution is 6.12. The van der Waals surface area contributed by atoms with E-state index in [1.165, 1.54) is 33.8 Å². The Morgan fingerprint density at radius 3 is 2.28 bits per heavy atom. The first-order valence-electron chi connectivity index (χ1n) is 7.75. The molecule has 0 fully saturated rings. The third kappa shape index (κ3) is 1.95. The lowest BCUT2D eigenvalue weighted by molar-refractivity contribution is -0.136. The Bertz CT molecular complexity index is 880. The Labute approximate surface area is 143 Å². The maximum atomic E-state index is 13.0. The topological polar surface area (TPSA) is 121 Å². The van der Waals surface area contributed by atoms with Gasteiger partial charge in [-0.1, -0.05) is 0 Å². The van der Waals surface area contributed by atoms with E-state index in [1.807, 2.05) is 0 Å². The van der Waals surface area contributed by atoms with Crippen LogP contribution in [-0.2, 0) is 15.0 Å². The van der Waals surface area contributed by atoms with Gasteiger partial charge in [0.15, 0.2) is 11.6 Å². The van der Waals surface area contributed by atoms with Crippen molar-refractivity contribution in [2.45, 2.75) is 39.2 Å². The number of benzene rings is 1. The highest BCUT2D eigenvalue weighted by Gasteiger charge is 2.59. The van der Waals surface area contributed by atoms with Crippen molar-refractivity contribution in [3.8, 4) is 17.2 Å². The van der Waals surface area contributed by atoms with Crippen molar-refractivity contribution in [3.05, 3.63) is 28.5 Å². The quantitative estimate of drug-likeness (QED) is 0.552. The van der Waals surface area contributed by atoms with Gasteiger partial charge in [-0.05, 0) is 33.8 Å². The Hall–Kier alpha value is -2.83. The predicted octanol–water partition coefficient (Wildman–Crippen LogP) is 1.86. The Balaban J connectivity index is 2.38. The van der Waals surface area contributed by atoms with Crippen molar-refractivity contribution in [1.82, 2.24) is 0 Å². The van der Waals surface area contributed by atoms with Gasteiger partial charge in [0.25, 0.3) is 0 Å². The minimum absolute atomic E-state index is 0.0420. The van der Waals surface area contributed by atoms with E-state index in [0.29, 0.717) is 0 Å². The molecule has 0 bridgehead atoms. The molecule has 0 saturated heterocycles. The molecule has 0 aromatic heterocycles. The molecule has 132 valence electrons. The first kappa shape index (κ1) is 17.0. The minimum atomic E-state index is -1.47. The lowest BCUT2D eigenvalue weighted by Crippen LogP contribution is -2.50. The van der Waals surface area contributed by atoms with E-state index in [9.17, 15) is 29.7 Å². The summed E-state index contributed by atoms with van der Waals surface area (Å²) in [4.78, 5) is 36.8. The lowest BCUT2D eigenvalue weighted by atomic mass is 9.66. The SMILES string of the molecule is CC(=O)c1c(O)c(C)c(O)c2c1OC1C=C(O)C(C(C)=O)C(=O)C21C. The smallest absolute Gasteiger partial charge is 0.167 e. The van der Waals surface area contributed by atoms with Crippen LogP contribution in [-0.4, -0.2) is 38.8 Å². The predicted molar refractivity (Wildman–Crippen MR) is 86.2 cm³/mol. The Morgan fingerprint density at radius 2 is 1.76 bits per heavy atom. The molecule has 1 aliphatic heterocycles. The molecule has 0 amide bonds. The van der Waals surface area contributed by atoms with Gasteiger partial charge in [-0.3, -0.25) is 14.4 Å². The molecule has 3 unspecified atom stereocenters. The van der Waals surface area contributed by atoms with Gasteiger partial charge in [0.2, 0.25) is 0 Å². The third-order valence-corrected chi connectivity index (χ3v) is 5.12. The molecule has 0 radical (unpaired) electrons. The van der Waals surface area contributed by atoms with Crippen molar-refractivity contribution in [1.29, 1.82) is 0 Å². The summed E-state index contributed by atoms with van der Waals surface area (Å²) in [6, 6.07) is 0. The fourth-order valence-electron chi connectivity index (χ4n) is 3.68. The Kier molecular flexibility index (Phi) is 3.46. The van der Waals surface area contributed by atoms with Crippen LogP contribution in [0.4, 0.5) is 0 Å². The van der Waals surface area contributed by atoms with Crippen LogP contribution in [0.25, 0.3) is 0 Å². The van der Waals surface area contributed by atoms with Crippen molar-refractivity contribution >= 4 is 17.3 Å². The normalized spacial score (nSPS) is 27.2. The van der Waals surface area contributed by atoms with Gasteiger partial charge in [-0.2, -0.15) is 0 Å². The number of Topliss-reactive ketones (excluding diaryl/α,β-unsaturated/α-hetero) is 3. The van der Waals surface area contributed by atoms with Crippen LogP contribution in [0.3, 0.4) is 0 Å². The van der Waals surface area contributed by atoms with Crippen LogP contribution >= 0.6 is 0 Å². The summed E-state index contributed by atoms with van der Waals surface area (Å²) < 4.78 is 5.68. The molecular weight excluding hydrogens is 328 g/mol. The molecule has 0 saturated carbocycles. The van der Waals surface area contributed by atoms with E-state index in [2.05, 4.69) is 0 Å². The number of hydrogen-bond acceptors (Lipinski definition) is 7. The summed E-state index contributed by atoms with van der Waals surface area (Å²) in [6.07, 6.45) is 0.235. The second-order valence-corrected chi connectivity index (χ2v) is 6.70. The number of phenols is 2. The molecule has 1 aromatic carbocycles. The van der Waals surface area contributed by atoms with E-state index in [4.69, 9.17) is 4.74 Å². The second kappa shape index (κ2) is 5.08. The largest absolute Gasteiger partial charge is 0.511 e. The number of rotatable bonds is 2. The fourth-order valence-corrected chi connectivity index (χ4v) is 3.68. The maximum Gasteiger partial charge on any atom is 0.167 e. The number of aliphatic hydroxyl groups is 1. The minimum Gasteiger partial charge on any atom is -0.511 e. The number of fused-ring (bicyclic) bond motifs is 3. The molecule has 25 heavy (non-hydrogen) atoms. The van der Waals surface area contributed by atoms with E-state index in [-0.39, 0.29) is 28.2 Å². The van der Waals surface area contributed by atoms with Gasteiger partial charge in [0.1, 0.15) is 51.8 Å². The fraction of sp³-hybridized carbons (Fsp3) is 0.389. The summed E-state index contributed by atoms with van der Waals surface area (Å²) in [6.45, 7) is 5.32. The first-order valence-corrected chi connectivity index (χ1v) is 7.75. The number of hydrogen-bond donors (Lipinski definition) is 3. The van der Waals surface area contributed by atoms with Crippen LogP contribution in [0.15, 0.2) is 11.8 Å². The molecule has 7 heteroatoms. The molecule has 2 aliphatic rings. The van der Waals surface area contributed by atoms with Crippen LogP contribution in [0.2, 0.25) is 0 Å². The summed E-state index contributed by atoms with van der Waals surface area (Å²) in [5.74, 6) is -4.32. The highest BCUT2D eigenvalue weighted by Crippen LogP contribution is 2.56. The summed E-state index contributed by atoms with van der Waals surface area (Å²) in [5, 5.41) is 30.8. The summed E-state index contributed by atoms with van der Waals surface area (Å²) >= 11 is 0. The third-order valence-electron chi connectivity index (χ3n) is 5.12. The number of aromatic hydroxyl groups is 2. The van der Waals surface area contributed by atoms with Crippen molar-refractivity contribution in [2.24, 2.45) is 5.92 Å². The van der Waals surface area contributed by atoms with E-state index in [0.717, 1.165) is 0 Å². The van der Waals surface area contributed by atoms with Crippen molar-refractivity contribution in [3.63, 3.8) is 0 Å². The number of carbonyl (C=O) groups is 3. The van der Waals surface area contributed by atoms with Crippen LogP contribution in [0, 0.1) is 12.8 Å².